The van der Waals surface area contributed by atoms with E-state index in [1.165, 1.54) is 0 Å². The lowest BCUT2D eigenvalue weighted by atomic mass is 9.92. The maximum atomic E-state index is 10.8. The first-order valence-electron chi connectivity index (χ1n) is 3.83. The van der Waals surface area contributed by atoms with Crippen LogP contribution in [-0.2, 0) is 14.5 Å². The van der Waals surface area contributed by atoms with Gasteiger partial charge < -0.3 is 15.3 Å². The van der Waals surface area contributed by atoms with Crippen LogP contribution in [-0.4, -0.2) is 57.2 Å². The summed E-state index contributed by atoms with van der Waals surface area (Å²) in [5.41, 5.74) is -1.27. The van der Waals surface area contributed by atoms with Crippen LogP contribution in [0, 0.1) is 5.41 Å². The second-order valence-electron chi connectivity index (χ2n) is 2.92. The molecule has 86 valence electrons. The maximum Gasteiger partial charge on any atom is 0.335 e. The third-order valence-corrected chi connectivity index (χ3v) is 2.79. The number of rotatable bonds is 7. The van der Waals surface area contributed by atoms with Gasteiger partial charge in [0.1, 0.15) is 0 Å². The van der Waals surface area contributed by atoms with Crippen LogP contribution in [0.2, 0.25) is 0 Å². The summed E-state index contributed by atoms with van der Waals surface area (Å²) in [6, 6.07) is 0. The molecule has 0 saturated carbocycles. The Morgan fingerprint density at radius 3 is 1.93 bits per heavy atom. The molecule has 0 rings (SSSR count). The fraction of sp³-hybridized carbons (Fsp3) is 1.00. The van der Waals surface area contributed by atoms with E-state index in [1.54, 1.807) is 0 Å². The molecule has 0 spiro atoms. The minimum atomic E-state index is -3.87. The smallest absolute Gasteiger partial charge is 0.335 e. The molecule has 0 heterocycles. The van der Waals surface area contributed by atoms with Gasteiger partial charge in [0.15, 0.2) is 0 Å². The van der Waals surface area contributed by atoms with E-state index in [2.05, 4.69) is 4.18 Å². The standard InChI is InChI=1S/C6H15NO6S/c1-13-14(11,12)7-2-6(3-8,4-9)5-10/h7-10H,2-5H2,1H3. The molecule has 7 nitrogen and oxygen atoms in total. The van der Waals surface area contributed by atoms with Crippen LogP contribution in [0.5, 0.6) is 0 Å². The number of nitrogens with one attached hydrogen (secondary N) is 1. The summed E-state index contributed by atoms with van der Waals surface area (Å²) in [4.78, 5) is 0. The Morgan fingerprint density at radius 2 is 1.64 bits per heavy atom. The second kappa shape index (κ2) is 5.59. The first-order chi connectivity index (χ1) is 6.45. The fourth-order valence-electron chi connectivity index (χ4n) is 0.618. The van der Waals surface area contributed by atoms with Crippen LogP contribution in [0.15, 0.2) is 0 Å². The van der Waals surface area contributed by atoms with Crippen molar-refractivity contribution in [1.82, 2.24) is 4.72 Å². The van der Waals surface area contributed by atoms with Gasteiger partial charge in [0.05, 0.1) is 32.3 Å². The predicted molar refractivity (Wildman–Crippen MR) is 47.6 cm³/mol. The van der Waals surface area contributed by atoms with Crippen LogP contribution < -0.4 is 4.72 Å². The van der Waals surface area contributed by atoms with Crippen molar-refractivity contribution in [1.29, 1.82) is 0 Å². The minimum absolute atomic E-state index is 0.299. The summed E-state index contributed by atoms with van der Waals surface area (Å²) >= 11 is 0. The Hall–Kier alpha value is -0.250. The molecule has 4 N–H and O–H groups in total. The van der Waals surface area contributed by atoms with E-state index in [-0.39, 0.29) is 6.54 Å². The van der Waals surface area contributed by atoms with E-state index in [0.717, 1.165) is 7.11 Å². The van der Waals surface area contributed by atoms with Crippen molar-refractivity contribution in [2.75, 3.05) is 33.5 Å². The molecule has 0 aromatic heterocycles. The monoisotopic (exact) mass is 229 g/mol. The maximum absolute atomic E-state index is 10.8. The van der Waals surface area contributed by atoms with E-state index in [4.69, 9.17) is 15.3 Å². The number of hydrogen-bond acceptors (Lipinski definition) is 6. The molecule has 0 saturated heterocycles. The van der Waals surface area contributed by atoms with E-state index < -0.39 is 35.5 Å². The van der Waals surface area contributed by atoms with E-state index >= 15 is 0 Å². The van der Waals surface area contributed by atoms with Crippen molar-refractivity contribution in [2.24, 2.45) is 5.41 Å². The van der Waals surface area contributed by atoms with Gasteiger partial charge in [-0.2, -0.15) is 13.1 Å². The van der Waals surface area contributed by atoms with Gasteiger partial charge in [-0.1, -0.05) is 0 Å². The summed E-state index contributed by atoms with van der Waals surface area (Å²) in [6.45, 7) is -1.91. The Kier molecular flexibility index (Phi) is 5.49. The quantitative estimate of drug-likeness (QED) is 0.381. The molecule has 0 aromatic rings. The second-order valence-corrected chi connectivity index (χ2v) is 4.45. The molecular weight excluding hydrogens is 214 g/mol. The van der Waals surface area contributed by atoms with Crippen LogP contribution in [0.25, 0.3) is 0 Å². The third kappa shape index (κ3) is 3.86. The molecule has 0 aromatic carbocycles. The van der Waals surface area contributed by atoms with Gasteiger partial charge in [-0.25, -0.2) is 0 Å². The topological polar surface area (TPSA) is 116 Å². The first kappa shape index (κ1) is 13.8. The first-order valence-corrected chi connectivity index (χ1v) is 5.24. The molecule has 0 aliphatic carbocycles. The molecule has 0 bridgehead atoms. The zero-order chi connectivity index (χ0) is 11.2. The van der Waals surface area contributed by atoms with Gasteiger partial charge >= 0.3 is 10.3 Å². The Morgan fingerprint density at radius 1 is 1.21 bits per heavy atom. The zero-order valence-corrected chi connectivity index (χ0v) is 8.62. The molecule has 0 fully saturated rings. The largest absolute Gasteiger partial charge is 0.396 e. The normalized spacial score (nSPS) is 13.1. The van der Waals surface area contributed by atoms with E-state index in [0.29, 0.717) is 0 Å². The summed E-state index contributed by atoms with van der Waals surface area (Å²) in [7, 11) is -2.89. The third-order valence-electron chi connectivity index (χ3n) is 1.85. The van der Waals surface area contributed by atoms with Gasteiger partial charge in [0.25, 0.3) is 0 Å². The lowest BCUT2D eigenvalue weighted by molar-refractivity contribution is 0.00972. The molecule has 0 aliphatic rings. The van der Waals surface area contributed by atoms with Gasteiger partial charge in [0.2, 0.25) is 0 Å². The fourth-order valence-corrected chi connectivity index (χ4v) is 1.22. The summed E-state index contributed by atoms with van der Waals surface area (Å²) in [5.74, 6) is 0. The molecule has 0 atom stereocenters. The van der Waals surface area contributed by atoms with Crippen molar-refractivity contribution in [2.45, 2.75) is 0 Å². The van der Waals surface area contributed by atoms with Gasteiger partial charge in [0, 0.05) is 6.54 Å². The van der Waals surface area contributed by atoms with Crippen LogP contribution >= 0.6 is 0 Å². The molecule has 0 amide bonds. The highest BCUT2D eigenvalue weighted by molar-refractivity contribution is 7.84. The molecule has 8 heteroatoms. The highest BCUT2D eigenvalue weighted by Gasteiger charge is 2.29. The molecule has 0 aliphatic heterocycles. The van der Waals surface area contributed by atoms with Crippen molar-refractivity contribution in [3.8, 4) is 0 Å². The molecular formula is C6H15NO6S. The number of aliphatic hydroxyl groups is 3. The average molecular weight is 229 g/mol. The van der Waals surface area contributed by atoms with Crippen LogP contribution in [0.1, 0.15) is 0 Å². The van der Waals surface area contributed by atoms with Gasteiger partial charge in [-0.05, 0) is 0 Å². The van der Waals surface area contributed by atoms with Crippen molar-refractivity contribution >= 4 is 10.3 Å². The average Bonchev–Trinajstić information content (AvgIpc) is 2.21. The summed E-state index contributed by atoms with van der Waals surface area (Å²) in [6.07, 6.45) is 0. The van der Waals surface area contributed by atoms with Crippen molar-refractivity contribution in [3.63, 3.8) is 0 Å². The summed E-state index contributed by atoms with van der Waals surface area (Å²) in [5, 5.41) is 26.6. The van der Waals surface area contributed by atoms with E-state index in [9.17, 15) is 8.42 Å². The van der Waals surface area contributed by atoms with Gasteiger partial charge in [-0.15, -0.1) is 0 Å². The van der Waals surface area contributed by atoms with Crippen molar-refractivity contribution in [3.05, 3.63) is 0 Å². The van der Waals surface area contributed by atoms with Crippen molar-refractivity contribution < 1.29 is 27.9 Å². The predicted octanol–water partition coefficient (Wildman–Crippen LogP) is -2.57. The SMILES string of the molecule is COS(=O)(=O)NCC(CO)(CO)CO. The lowest BCUT2D eigenvalue weighted by Crippen LogP contribution is -2.45. The van der Waals surface area contributed by atoms with Gasteiger partial charge in [-0.3, -0.25) is 4.18 Å². The Labute approximate surface area is 82.6 Å². The summed E-state index contributed by atoms with van der Waals surface area (Å²) < 4.78 is 27.7. The molecule has 0 radical (unpaired) electrons. The lowest BCUT2D eigenvalue weighted by Gasteiger charge is -2.26. The molecule has 0 unspecified atom stereocenters. The van der Waals surface area contributed by atoms with Crippen LogP contribution in [0.4, 0.5) is 0 Å². The Bertz CT molecular complexity index is 239. The highest BCUT2D eigenvalue weighted by Crippen LogP contribution is 2.13. The number of hydrogen-bond donors (Lipinski definition) is 4. The molecule has 14 heavy (non-hydrogen) atoms. The number of aliphatic hydroxyl groups excluding tert-OH is 3. The van der Waals surface area contributed by atoms with Crippen LogP contribution in [0.3, 0.4) is 0 Å². The minimum Gasteiger partial charge on any atom is -0.396 e. The Balaban J connectivity index is 4.34. The zero-order valence-electron chi connectivity index (χ0n) is 7.80. The highest BCUT2D eigenvalue weighted by atomic mass is 32.2. The van der Waals surface area contributed by atoms with E-state index in [1.807, 2.05) is 4.72 Å².